The molecule has 0 aliphatic rings. The van der Waals surface area contributed by atoms with E-state index in [1.54, 1.807) is 14.0 Å². The van der Waals surface area contributed by atoms with Crippen molar-refractivity contribution in [2.24, 2.45) is 0 Å². The van der Waals surface area contributed by atoms with Crippen molar-refractivity contribution in [2.75, 3.05) is 7.11 Å². The summed E-state index contributed by atoms with van der Waals surface area (Å²) in [6.07, 6.45) is 0.368. The lowest BCUT2D eigenvalue weighted by atomic mass is 10.1. The van der Waals surface area contributed by atoms with E-state index in [9.17, 15) is 14.7 Å². The smallest absolute Gasteiger partial charge is 0.346 e. The number of rotatable bonds is 4. The van der Waals surface area contributed by atoms with E-state index in [1.807, 2.05) is 18.2 Å². The molecule has 3 rings (SSSR count). The largest absolute Gasteiger partial charge is 0.496 e. The van der Waals surface area contributed by atoms with E-state index < -0.39 is 5.97 Å². The van der Waals surface area contributed by atoms with Crippen molar-refractivity contribution in [3.05, 3.63) is 54.9 Å². The van der Waals surface area contributed by atoms with Gasteiger partial charge in [-0.25, -0.2) is 9.78 Å². The number of aryl methyl sites for hydroxylation is 1. The highest BCUT2D eigenvalue weighted by Crippen LogP contribution is 2.28. The van der Waals surface area contributed by atoms with Gasteiger partial charge in [0.25, 0.3) is 5.56 Å². The maximum Gasteiger partial charge on any atom is 0.346 e. The highest BCUT2D eigenvalue weighted by molar-refractivity contribution is 9.10. The molecule has 3 aromatic rings. The van der Waals surface area contributed by atoms with E-state index in [2.05, 4.69) is 25.9 Å². The monoisotopic (exact) mass is 408 g/mol. The summed E-state index contributed by atoms with van der Waals surface area (Å²) in [6, 6.07) is 5.59. The quantitative estimate of drug-likeness (QED) is 0.690. The molecule has 1 aromatic carbocycles. The molecule has 0 atom stereocenters. The number of nitrogens with one attached hydrogen (secondary N) is 1. The van der Waals surface area contributed by atoms with Gasteiger partial charge in [0.2, 0.25) is 0 Å². The fraction of sp³-hybridized carbons (Fsp3) is 0.188. The Morgan fingerprint density at radius 2 is 2.21 bits per heavy atom. The number of methoxy groups -OCH3 is 1. The van der Waals surface area contributed by atoms with Crippen LogP contribution in [-0.4, -0.2) is 28.2 Å². The Hall–Kier alpha value is -2.19. The molecule has 2 N–H and O–H groups in total. The Balaban J connectivity index is 2.10. The number of carboxylic acids is 1. The van der Waals surface area contributed by atoms with Crippen LogP contribution in [0.2, 0.25) is 0 Å². The molecule has 6 nitrogen and oxygen atoms in total. The predicted molar refractivity (Wildman–Crippen MR) is 95.4 cm³/mol. The van der Waals surface area contributed by atoms with E-state index >= 15 is 0 Å². The fourth-order valence-electron chi connectivity index (χ4n) is 2.54. The first-order chi connectivity index (χ1) is 11.4. The second-order valence-corrected chi connectivity index (χ2v) is 7.10. The molecule has 0 aliphatic heterocycles. The highest BCUT2D eigenvalue weighted by atomic mass is 79.9. The maximum absolute atomic E-state index is 12.3. The molecule has 0 spiro atoms. The number of benzene rings is 1. The van der Waals surface area contributed by atoms with E-state index in [1.165, 1.54) is 0 Å². The van der Waals surface area contributed by atoms with Crippen molar-refractivity contribution in [1.29, 1.82) is 0 Å². The number of fused-ring (bicyclic) bond motifs is 1. The maximum atomic E-state index is 12.3. The van der Waals surface area contributed by atoms with Crippen molar-refractivity contribution in [2.45, 2.75) is 13.3 Å². The molecule has 0 unspecified atom stereocenters. The Morgan fingerprint density at radius 1 is 1.46 bits per heavy atom. The number of carbonyl (C=O) groups is 1. The van der Waals surface area contributed by atoms with Crippen molar-refractivity contribution in [3.8, 4) is 5.75 Å². The van der Waals surface area contributed by atoms with E-state index in [4.69, 9.17) is 4.74 Å². The number of hydrogen-bond donors (Lipinski definition) is 2. The number of carboxylic acid groups (broad SMARTS) is 1. The van der Waals surface area contributed by atoms with Crippen LogP contribution in [0.4, 0.5) is 0 Å². The van der Waals surface area contributed by atoms with Gasteiger partial charge >= 0.3 is 5.97 Å². The number of aromatic carboxylic acids is 1. The number of ether oxygens (including phenoxy) is 1. The summed E-state index contributed by atoms with van der Waals surface area (Å²) in [7, 11) is 1.58. The third kappa shape index (κ3) is 2.94. The molecule has 0 amide bonds. The van der Waals surface area contributed by atoms with Gasteiger partial charge < -0.3 is 14.8 Å². The molecule has 2 heterocycles. The van der Waals surface area contributed by atoms with Crippen LogP contribution in [0.3, 0.4) is 0 Å². The van der Waals surface area contributed by atoms with Crippen molar-refractivity contribution < 1.29 is 14.6 Å². The summed E-state index contributed by atoms with van der Waals surface area (Å²) in [5, 5.41) is 9.55. The summed E-state index contributed by atoms with van der Waals surface area (Å²) in [5.41, 5.74) is 0.981. The molecule has 0 fully saturated rings. The molecule has 0 bridgehead atoms. The van der Waals surface area contributed by atoms with Gasteiger partial charge in [0.1, 0.15) is 21.3 Å². The molecule has 24 heavy (non-hydrogen) atoms. The number of H-pyrrole nitrogens is 1. The second-order valence-electron chi connectivity index (χ2n) is 5.19. The normalized spacial score (nSPS) is 11.0. The lowest BCUT2D eigenvalue weighted by molar-refractivity contribution is 0.0701. The van der Waals surface area contributed by atoms with Crippen LogP contribution in [0.5, 0.6) is 5.75 Å². The van der Waals surface area contributed by atoms with Gasteiger partial charge in [-0.1, -0.05) is 15.9 Å². The zero-order chi connectivity index (χ0) is 17.4. The molecule has 0 saturated carbocycles. The van der Waals surface area contributed by atoms with Crippen LogP contribution in [0.25, 0.3) is 10.2 Å². The molecular weight excluding hydrogens is 396 g/mol. The number of halogens is 1. The second kappa shape index (κ2) is 6.37. The van der Waals surface area contributed by atoms with Gasteiger partial charge in [0.15, 0.2) is 0 Å². The van der Waals surface area contributed by atoms with E-state index in [0.717, 1.165) is 21.4 Å². The Morgan fingerprint density at radius 3 is 2.88 bits per heavy atom. The summed E-state index contributed by atoms with van der Waals surface area (Å²) in [4.78, 5) is 31.3. The van der Waals surface area contributed by atoms with Crippen molar-refractivity contribution >= 4 is 43.5 Å². The number of aromatic nitrogens is 2. The van der Waals surface area contributed by atoms with Crippen LogP contribution in [0.15, 0.2) is 27.5 Å². The van der Waals surface area contributed by atoms with Gasteiger partial charge in [0, 0.05) is 16.5 Å². The van der Waals surface area contributed by atoms with Gasteiger partial charge in [0.05, 0.1) is 12.5 Å². The molecular formula is C16H13BrN2O4S. The first kappa shape index (κ1) is 16.7. The SMILES string of the molecule is COc1ccc(Br)cc1Cc1nc2sc(C(=O)O)c(C)c2c(=O)[nH]1. The first-order valence-electron chi connectivity index (χ1n) is 6.98. The lowest BCUT2D eigenvalue weighted by Crippen LogP contribution is -2.12. The Bertz CT molecular complexity index is 1010. The standard InChI is InChI=1S/C16H13BrN2O4S/c1-7-12-14(20)18-11(19-15(12)24-13(7)16(21)22)6-8-5-9(17)3-4-10(8)23-2/h3-5H,6H2,1-2H3,(H,21,22)(H,18,19,20). The Kier molecular flexibility index (Phi) is 4.42. The fourth-order valence-corrected chi connectivity index (χ4v) is 3.99. The number of thiophene rings is 1. The van der Waals surface area contributed by atoms with Crippen LogP contribution >= 0.6 is 27.3 Å². The van der Waals surface area contributed by atoms with Crippen LogP contribution in [-0.2, 0) is 6.42 Å². The minimum absolute atomic E-state index is 0.139. The molecule has 0 aliphatic carbocycles. The predicted octanol–water partition coefficient (Wildman–Crippen LogP) is 3.35. The number of aromatic amines is 1. The minimum Gasteiger partial charge on any atom is -0.496 e. The zero-order valence-electron chi connectivity index (χ0n) is 12.8. The van der Waals surface area contributed by atoms with Gasteiger partial charge in [-0.15, -0.1) is 11.3 Å². The van der Waals surface area contributed by atoms with Crippen LogP contribution < -0.4 is 10.3 Å². The van der Waals surface area contributed by atoms with Gasteiger partial charge in [-0.05, 0) is 30.7 Å². The lowest BCUT2D eigenvalue weighted by Gasteiger charge is -2.08. The number of nitrogens with zero attached hydrogens (tertiary/aromatic N) is 1. The van der Waals surface area contributed by atoms with Crippen LogP contribution in [0, 0.1) is 6.92 Å². The third-order valence-corrected chi connectivity index (χ3v) is 5.31. The highest BCUT2D eigenvalue weighted by Gasteiger charge is 2.19. The molecule has 2 aromatic heterocycles. The summed E-state index contributed by atoms with van der Waals surface area (Å²) >= 11 is 4.42. The molecule has 124 valence electrons. The summed E-state index contributed by atoms with van der Waals surface area (Å²) in [5.74, 6) is 0.0988. The average Bonchev–Trinajstić information content (AvgIpc) is 2.85. The summed E-state index contributed by atoms with van der Waals surface area (Å²) in [6.45, 7) is 1.62. The molecule has 0 saturated heterocycles. The molecule has 8 heteroatoms. The van der Waals surface area contributed by atoms with E-state index in [0.29, 0.717) is 33.8 Å². The summed E-state index contributed by atoms with van der Waals surface area (Å²) < 4.78 is 6.22. The minimum atomic E-state index is -1.05. The van der Waals surface area contributed by atoms with Gasteiger partial charge in [-0.2, -0.15) is 0 Å². The Labute approximate surface area is 149 Å². The van der Waals surface area contributed by atoms with Crippen molar-refractivity contribution in [1.82, 2.24) is 9.97 Å². The topological polar surface area (TPSA) is 92.3 Å². The third-order valence-electron chi connectivity index (χ3n) is 3.64. The van der Waals surface area contributed by atoms with E-state index in [-0.39, 0.29) is 10.4 Å². The van der Waals surface area contributed by atoms with Gasteiger partial charge in [-0.3, -0.25) is 4.79 Å². The number of hydrogen-bond acceptors (Lipinski definition) is 5. The zero-order valence-corrected chi connectivity index (χ0v) is 15.2. The first-order valence-corrected chi connectivity index (χ1v) is 8.59. The van der Waals surface area contributed by atoms with Crippen LogP contribution in [0.1, 0.15) is 26.6 Å². The molecule has 0 radical (unpaired) electrons. The average molecular weight is 409 g/mol. The van der Waals surface area contributed by atoms with Crippen molar-refractivity contribution in [3.63, 3.8) is 0 Å².